The molecule has 4 N–H and O–H groups in total. The highest BCUT2D eigenvalue weighted by atomic mass is 32.2. The first-order chi connectivity index (χ1) is 15.4. The minimum Gasteiger partial charge on any atom is -0.490 e. The maximum Gasteiger partial charge on any atom is 0.221 e. The molecule has 1 amide bonds. The Hall–Kier alpha value is -3.24. The maximum atomic E-state index is 11.2. The number of nitrogens with zero attached hydrogens (tertiary/aromatic N) is 3. The molecular formula is C22H26N6O3S. The van der Waals surface area contributed by atoms with Crippen LogP contribution in [0.15, 0.2) is 46.6 Å². The number of H-pyrrole nitrogens is 1. The van der Waals surface area contributed by atoms with Crippen LogP contribution in [0, 0.1) is 6.92 Å². The predicted molar refractivity (Wildman–Crippen MR) is 125 cm³/mol. The van der Waals surface area contributed by atoms with Crippen LogP contribution >= 0.6 is 11.8 Å². The van der Waals surface area contributed by atoms with Gasteiger partial charge in [0.25, 0.3) is 0 Å². The normalized spacial score (nSPS) is 15.6. The third-order valence-corrected chi connectivity index (χ3v) is 5.84. The fraction of sp³-hybridized carbons (Fsp3) is 0.318. The van der Waals surface area contributed by atoms with Crippen LogP contribution in [0.5, 0.6) is 5.75 Å². The smallest absolute Gasteiger partial charge is 0.221 e. The van der Waals surface area contributed by atoms with E-state index in [1.807, 2.05) is 48.4 Å². The molecule has 0 spiro atoms. The van der Waals surface area contributed by atoms with Gasteiger partial charge >= 0.3 is 0 Å². The molecule has 9 nitrogen and oxygen atoms in total. The van der Waals surface area contributed by atoms with Crippen LogP contribution in [0.2, 0.25) is 0 Å². The number of aliphatic hydroxyl groups is 1. The number of rotatable bonds is 7. The Morgan fingerprint density at radius 3 is 2.66 bits per heavy atom. The summed E-state index contributed by atoms with van der Waals surface area (Å²) >= 11 is 1.41. The number of anilines is 4. The number of aryl methyl sites for hydroxylation is 1. The van der Waals surface area contributed by atoms with E-state index in [-0.39, 0.29) is 5.91 Å². The highest BCUT2D eigenvalue weighted by Crippen LogP contribution is 2.39. The molecule has 1 aliphatic heterocycles. The molecule has 4 rings (SSSR count). The Labute approximate surface area is 190 Å². The zero-order valence-electron chi connectivity index (χ0n) is 18.2. The van der Waals surface area contributed by atoms with E-state index in [0.717, 1.165) is 22.0 Å². The Balaban J connectivity index is 1.67. The van der Waals surface area contributed by atoms with Gasteiger partial charge in [0.15, 0.2) is 16.8 Å². The van der Waals surface area contributed by atoms with Gasteiger partial charge < -0.3 is 30.4 Å². The number of aromatic amines is 1. The highest BCUT2D eigenvalue weighted by Gasteiger charge is 2.27. The summed E-state index contributed by atoms with van der Waals surface area (Å²) in [5.74, 6) is 1.61. The zero-order chi connectivity index (χ0) is 22.7. The lowest BCUT2D eigenvalue weighted by atomic mass is 10.3. The lowest BCUT2D eigenvalue weighted by Gasteiger charge is -2.22. The van der Waals surface area contributed by atoms with Crippen molar-refractivity contribution in [3.05, 3.63) is 42.2 Å². The number of carbonyl (C=O) groups excluding carboxylic acids is 1. The molecule has 0 saturated carbocycles. The predicted octanol–water partition coefficient (Wildman–Crippen LogP) is 3.55. The molecule has 0 bridgehead atoms. The van der Waals surface area contributed by atoms with Crippen molar-refractivity contribution in [2.75, 3.05) is 35.7 Å². The number of aromatic nitrogens is 3. The molecule has 10 heteroatoms. The van der Waals surface area contributed by atoms with Crippen molar-refractivity contribution >= 4 is 40.7 Å². The second-order valence-electron chi connectivity index (χ2n) is 7.60. The first kappa shape index (κ1) is 22.0. The average Bonchev–Trinajstić information content (AvgIpc) is 3.36. The van der Waals surface area contributed by atoms with Gasteiger partial charge in [0, 0.05) is 42.5 Å². The third-order valence-electron chi connectivity index (χ3n) is 4.97. The molecule has 3 aromatic rings. The first-order valence-electron chi connectivity index (χ1n) is 10.3. The van der Waals surface area contributed by atoms with Gasteiger partial charge in [0.05, 0.1) is 18.9 Å². The number of hydrogen-bond donors (Lipinski definition) is 4. The summed E-state index contributed by atoms with van der Waals surface area (Å²) in [5, 5.41) is 16.7. The van der Waals surface area contributed by atoms with Crippen molar-refractivity contribution in [1.29, 1.82) is 0 Å². The molecule has 0 radical (unpaired) electrons. The van der Waals surface area contributed by atoms with Gasteiger partial charge in [-0.15, -0.1) is 0 Å². The van der Waals surface area contributed by atoms with Crippen molar-refractivity contribution < 1.29 is 14.6 Å². The van der Waals surface area contributed by atoms with Crippen molar-refractivity contribution in [3.63, 3.8) is 0 Å². The molecule has 168 valence electrons. The van der Waals surface area contributed by atoms with E-state index >= 15 is 0 Å². The van der Waals surface area contributed by atoms with E-state index in [1.165, 1.54) is 18.7 Å². The zero-order valence-corrected chi connectivity index (χ0v) is 19.0. The van der Waals surface area contributed by atoms with Crippen LogP contribution in [-0.2, 0) is 4.79 Å². The second kappa shape index (κ2) is 9.49. The SMILES string of the molecule is COc1c(Nc2c[nH]c(C)c2)nc(Sc2ccc(NC(C)=O)cc2)nc1N1CCC(O)C1. The molecule has 3 heterocycles. The number of benzene rings is 1. The van der Waals surface area contributed by atoms with E-state index in [2.05, 4.69) is 15.6 Å². The monoisotopic (exact) mass is 454 g/mol. The topological polar surface area (TPSA) is 115 Å². The van der Waals surface area contributed by atoms with E-state index in [4.69, 9.17) is 14.7 Å². The van der Waals surface area contributed by atoms with Gasteiger partial charge in [-0.1, -0.05) is 0 Å². The van der Waals surface area contributed by atoms with Crippen molar-refractivity contribution in [1.82, 2.24) is 15.0 Å². The minimum absolute atomic E-state index is 0.114. The first-order valence-corrected chi connectivity index (χ1v) is 11.1. The minimum atomic E-state index is -0.393. The number of methoxy groups -OCH3 is 1. The number of hydrogen-bond acceptors (Lipinski definition) is 8. The van der Waals surface area contributed by atoms with Crippen LogP contribution in [-0.4, -0.2) is 52.3 Å². The van der Waals surface area contributed by atoms with Crippen LogP contribution in [0.25, 0.3) is 0 Å². The van der Waals surface area contributed by atoms with Crippen LogP contribution in [0.1, 0.15) is 19.0 Å². The Bertz CT molecular complexity index is 1100. The van der Waals surface area contributed by atoms with E-state index < -0.39 is 6.10 Å². The van der Waals surface area contributed by atoms with E-state index in [1.54, 1.807) is 7.11 Å². The van der Waals surface area contributed by atoms with Gasteiger partial charge in [-0.05, 0) is 55.4 Å². The summed E-state index contributed by atoms with van der Waals surface area (Å²) in [6.45, 7) is 4.63. The fourth-order valence-electron chi connectivity index (χ4n) is 3.52. The Morgan fingerprint density at radius 2 is 2.06 bits per heavy atom. The molecule has 32 heavy (non-hydrogen) atoms. The molecule has 1 atom stereocenters. The Morgan fingerprint density at radius 1 is 1.28 bits per heavy atom. The summed E-state index contributed by atoms with van der Waals surface area (Å²) in [6.07, 6.45) is 2.15. The number of β-amino-alcohol motifs (C(OH)–C–C–N with tert-alkyl or cyclic N) is 1. The standard InChI is InChI=1S/C22H26N6O3S/c1-13-10-16(11-23-13)25-20-19(31-3)21(28-9-8-17(30)12-28)27-22(26-20)32-18-6-4-15(5-7-18)24-14(2)29/h4-7,10-11,17,23,30H,8-9,12H2,1-3H3,(H,24,29)(H,25,26,27). The number of carbonyl (C=O) groups is 1. The molecule has 1 fully saturated rings. The summed E-state index contributed by atoms with van der Waals surface area (Å²) in [7, 11) is 1.59. The van der Waals surface area contributed by atoms with Gasteiger partial charge in [-0.25, -0.2) is 9.97 Å². The lowest BCUT2D eigenvalue weighted by molar-refractivity contribution is -0.114. The summed E-state index contributed by atoms with van der Waals surface area (Å²) in [5.41, 5.74) is 2.62. The van der Waals surface area contributed by atoms with Gasteiger partial charge in [-0.2, -0.15) is 0 Å². The molecule has 2 aromatic heterocycles. The van der Waals surface area contributed by atoms with Gasteiger partial charge in [0.2, 0.25) is 11.7 Å². The van der Waals surface area contributed by atoms with Crippen LogP contribution in [0.3, 0.4) is 0 Å². The highest BCUT2D eigenvalue weighted by molar-refractivity contribution is 7.99. The summed E-state index contributed by atoms with van der Waals surface area (Å²) in [4.78, 5) is 26.8. The molecule has 1 aromatic carbocycles. The fourth-order valence-corrected chi connectivity index (χ4v) is 4.27. The van der Waals surface area contributed by atoms with Crippen molar-refractivity contribution in [2.45, 2.75) is 36.4 Å². The maximum absolute atomic E-state index is 11.2. The molecule has 1 aliphatic rings. The molecule has 0 aliphatic carbocycles. The third kappa shape index (κ3) is 5.14. The summed E-state index contributed by atoms with van der Waals surface area (Å²) < 4.78 is 5.69. The van der Waals surface area contributed by atoms with Crippen molar-refractivity contribution in [2.24, 2.45) is 0 Å². The van der Waals surface area contributed by atoms with Gasteiger partial charge in [0.1, 0.15) is 0 Å². The molecule has 1 unspecified atom stereocenters. The molecule has 1 saturated heterocycles. The second-order valence-corrected chi connectivity index (χ2v) is 8.64. The summed E-state index contributed by atoms with van der Waals surface area (Å²) in [6, 6.07) is 9.48. The van der Waals surface area contributed by atoms with Gasteiger partial charge in [-0.3, -0.25) is 4.79 Å². The quantitative estimate of drug-likeness (QED) is 0.401. The largest absolute Gasteiger partial charge is 0.490 e. The van der Waals surface area contributed by atoms with E-state index in [9.17, 15) is 9.90 Å². The lowest BCUT2D eigenvalue weighted by Crippen LogP contribution is -2.23. The number of aliphatic hydroxyl groups excluding tert-OH is 1. The van der Waals surface area contributed by atoms with Crippen molar-refractivity contribution in [3.8, 4) is 5.75 Å². The average molecular weight is 455 g/mol. The van der Waals surface area contributed by atoms with Crippen LogP contribution in [0.4, 0.5) is 23.0 Å². The number of ether oxygens (including phenoxy) is 1. The molecular weight excluding hydrogens is 428 g/mol. The Kier molecular flexibility index (Phi) is 6.52. The number of nitrogens with one attached hydrogen (secondary N) is 3. The number of amides is 1. The van der Waals surface area contributed by atoms with Crippen LogP contribution < -0.4 is 20.3 Å². The van der Waals surface area contributed by atoms with E-state index in [0.29, 0.717) is 42.1 Å².